The Labute approximate surface area is 459 Å². The second kappa shape index (κ2) is 26.5. The fraction of sp³-hybridized carbons (Fsp3) is 0.121. The van der Waals surface area contributed by atoms with Gasteiger partial charge in [-0.15, -0.1) is 0 Å². The van der Waals surface area contributed by atoms with Crippen molar-refractivity contribution in [2.45, 2.75) is 45.2 Å². The zero-order valence-corrected chi connectivity index (χ0v) is 43.3. The van der Waals surface area contributed by atoms with Crippen LogP contribution in [0.4, 0.5) is 28.9 Å². The maximum Gasteiger partial charge on any atom is 0.264 e. The minimum absolute atomic E-state index is 0. The van der Waals surface area contributed by atoms with Gasteiger partial charge < -0.3 is 44.6 Å². The second-order valence-corrected chi connectivity index (χ2v) is 17.5. The number of nitrogens with zero attached hydrogens (tertiary/aromatic N) is 4. The molecule has 0 saturated heterocycles. The molecule has 2 amide bonds. The smallest absolute Gasteiger partial charge is 0.264 e. The predicted molar refractivity (Wildman–Crippen MR) is 282 cm³/mol. The number of carbonyl (C=O) groups excluding carboxylic acids is 5. The molecular formula is C58H46F4IN8O7-. The van der Waals surface area contributed by atoms with Gasteiger partial charge in [-0.2, -0.15) is 0 Å². The minimum Gasteiger partial charge on any atom is -1.00 e. The molecule has 4 aromatic heterocycles. The first-order valence-electron chi connectivity index (χ1n) is 23.9. The molecule has 0 radical (unpaired) electrons. The molecule has 15 nitrogen and oxygen atoms in total. The quantitative estimate of drug-likeness (QED) is 0.0268. The molecule has 78 heavy (non-hydrogen) atoms. The summed E-state index contributed by atoms with van der Waals surface area (Å²) in [4.78, 5) is 98.0. The summed E-state index contributed by atoms with van der Waals surface area (Å²) in [7, 11) is 0. The summed E-state index contributed by atoms with van der Waals surface area (Å²) >= 11 is 0. The second-order valence-electron chi connectivity index (χ2n) is 17.5. The van der Waals surface area contributed by atoms with Crippen molar-refractivity contribution in [3.63, 3.8) is 0 Å². The van der Waals surface area contributed by atoms with Crippen molar-refractivity contribution in [2.24, 2.45) is 0 Å². The highest BCUT2D eigenvalue weighted by atomic mass is 127. The molecule has 2 aliphatic rings. The summed E-state index contributed by atoms with van der Waals surface area (Å²) < 4.78 is 55.5. The van der Waals surface area contributed by atoms with Crippen LogP contribution in [0.5, 0.6) is 0 Å². The van der Waals surface area contributed by atoms with Gasteiger partial charge in [0.2, 0.25) is 5.91 Å². The number of hydrogen-bond donors (Lipinski definition) is 4. The van der Waals surface area contributed by atoms with Crippen LogP contribution in [-0.4, -0.2) is 58.7 Å². The number of anilines is 2. The largest absolute Gasteiger partial charge is 1.00 e. The molecule has 0 unspecified atom stereocenters. The van der Waals surface area contributed by atoms with Crippen molar-refractivity contribution in [3.8, 4) is 0 Å². The summed E-state index contributed by atoms with van der Waals surface area (Å²) in [6.45, 7) is -0.0697. The monoisotopic (exact) mass is 1170 g/mol. The third kappa shape index (κ3) is 14.6. The highest BCUT2D eigenvalue weighted by molar-refractivity contribution is 6.34. The molecule has 4 N–H and O–H groups in total. The van der Waals surface area contributed by atoms with Crippen LogP contribution in [0.15, 0.2) is 156 Å². The van der Waals surface area contributed by atoms with Crippen LogP contribution in [0.25, 0.3) is 23.8 Å². The summed E-state index contributed by atoms with van der Waals surface area (Å²) in [5.41, 5.74) is 6.62. The number of fused-ring (bicyclic) bond motifs is 2. The molecule has 0 aliphatic carbocycles. The Hall–Kier alpha value is -9.18. The van der Waals surface area contributed by atoms with Gasteiger partial charge in [-0.1, -0.05) is 60.7 Å². The fourth-order valence-corrected chi connectivity index (χ4v) is 8.12. The first-order valence-corrected chi connectivity index (χ1v) is 23.9. The predicted octanol–water partition coefficient (Wildman–Crippen LogP) is 6.64. The number of ketones is 2. The van der Waals surface area contributed by atoms with E-state index in [0.29, 0.717) is 47.3 Å². The molecule has 8 aromatic rings. The number of Topliss-reactive ketones (excluding diaryl/α,β-unsaturated/α-hetero) is 2. The number of aldehydes is 1. The molecule has 6 heterocycles. The highest BCUT2D eigenvalue weighted by Gasteiger charge is 2.24. The molecule has 10 rings (SSSR count). The Morgan fingerprint density at radius 2 is 1.13 bits per heavy atom. The lowest BCUT2D eigenvalue weighted by atomic mass is 10.0. The Morgan fingerprint density at radius 1 is 0.603 bits per heavy atom. The number of aromatic amines is 2. The summed E-state index contributed by atoms with van der Waals surface area (Å²) in [6, 6.07) is 25.2. The van der Waals surface area contributed by atoms with Gasteiger partial charge >= 0.3 is 0 Å². The summed E-state index contributed by atoms with van der Waals surface area (Å²) in [5.74, 6) is -4.89. The van der Waals surface area contributed by atoms with Gasteiger partial charge in [0.05, 0.1) is 43.4 Å². The third-order valence-corrected chi connectivity index (χ3v) is 12.0. The number of halogens is 5. The zero-order valence-electron chi connectivity index (χ0n) is 41.2. The van der Waals surface area contributed by atoms with Crippen molar-refractivity contribution in [1.82, 2.24) is 29.1 Å². The van der Waals surface area contributed by atoms with E-state index in [1.807, 2.05) is 72.8 Å². The molecule has 2 aliphatic heterocycles. The molecule has 0 bridgehead atoms. The number of rotatable bonds is 16. The molecular weight excluding hydrogens is 1120 g/mol. The van der Waals surface area contributed by atoms with Crippen LogP contribution in [0.1, 0.15) is 96.0 Å². The topological polar surface area (TPSA) is 211 Å². The maximum absolute atomic E-state index is 13.5. The average molecular weight is 1170 g/mol. The van der Waals surface area contributed by atoms with Crippen LogP contribution >= 0.6 is 0 Å². The van der Waals surface area contributed by atoms with Crippen LogP contribution in [0.3, 0.4) is 0 Å². The molecule has 0 saturated carbocycles. The lowest BCUT2D eigenvalue weighted by Crippen LogP contribution is -3.00. The van der Waals surface area contributed by atoms with E-state index in [9.17, 15) is 51.1 Å². The van der Waals surface area contributed by atoms with E-state index >= 15 is 0 Å². The zero-order chi connectivity index (χ0) is 54.4. The first-order chi connectivity index (χ1) is 37.2. The Balaban J connectivity index is 0.000000200. The van der Waals surface area contributed by atoms with E-state index in [1.165, 1.54) is 46.3 Å². The van der Waals surface area contributed by atoms with E-state index in [1.54, 1.807) is 30.6 Å². The van der Waals surface area contributed by atoms with Crippen LogP contribution in [0.2, 0.25) is 0 Å². The minimum atomic E-state index is -1.01. The Morgan fingerprint density at radius 3 is 1.63 bits per heavy atom. The molecule has 0 atom stereocenters. The Bertz CT molecular complexity index is 3740. The number of nitrogens with one attached hydrogen (secondary N) is 4. The number of H-pyrrole nitrogens is 2. The van der Waals surface area contributed by atoms with Crippen LogP contribution in [0, 0.1) is 23.3 Å². The van der Waals surface area contributed by atoms with E-state index in [0.717, 1.165) is 64.2 Å². The van der Waals surface area contributed by atoms with Gasteiger partial charge in [-0.05, 0) is 107 Å². The van der Waals surface area contributed by atoms with Gasteiger partial charge in [-0.25, -0.2) is 27.5 Å². The van der Waals surface area contributed by atoms with Crippen molar-refractivity contribution in [1.29, 1.82) is 0 Å². The first kappa shape index (κ1) is 56.5. The normalized spacial score (nSPS) is 12.7. The SMILES string of the molecule is O=C1Cc2ccc(/C=C/CCC(=O)c3cncn(Cc4ccc(F)c(F)c4)c3=O)cc2N1.O=C1Nc2cc(/C=C/CCC(=O)c3cncn(Cc4ccc(F)c(F)c4)c3=O)ccc2/C1=C/c1ccc[nH]1.O=Cc1ccc[nH]1.[I-]. The summed E-state index contributed by atoms with van der Waals surface area (Å²) in [5, 5.41) is 5.66. The number of aromatic nitrogens is 6. The number of allylic oxidation sites excluding steroid dienone is 2. The number of amides is 2. The number of hydrogen-bond acceptors (Lipinski definition) is 9. The molecule has 20 heteroatoms. The van der Waals surface area contributed by atoms with Crippen molar-refractivity contribution < 1.29 is 65.5 Å². The van der Waals surface area contributed by atoms with Crippen LogP contribution in [-0.2, 0) is 29.1 Å². The van der Waals surface area contributed by atoms with Crippen molar-refractivity contribution in [2.75, 3.05) is 10.6 Å². The fourth-order valence-electron chi connectivity index (χ4n) is 8.12. The molecule has 0 fully saturated rings. The third-order valence-electron chi connectivity index (χ3n) is 12.0. The Kier molecular flexibility index (Phi) is 19.2. The van der Waals surface area contributed by atoms with Crippen molar-refractivity contribution in [3.05, 3.63) is 247 Å². The standard InChI is InChI=1S/C29H22F2N4O3.C24H19F2N3O3.C5H5NO.HI/c30-24-10-8-19(12-25(24)31)16-35-17-32-15-23(29(35)38)27(36)6-2-1-4-18-7-9-21-22(14-20-5-3-11-33-20)28(37)34-26(21)13-18;25-19-8-6-16(9-20(19)26)13-29-14-27-12-18(24(29)32)22(30)4-2-1-3-15-5-7-17-11-23(31)28-21(17)10-15;7-4-5-2-1-3-6-5;/h1,3-5,7-15,17,33H,2,6,16H2,(H,34,37);1,3,5-10,12,14H,2,4,11,13H2,(H,28,31);1-4,6H;1H/p-1/b4-1+,22-14-;3-1+;;. The lowest BCUT2D eigenvalue weighted by molar-refractivity contribution is -0.115. The van der Waals surface area contributed by atoms with E-state index in [2.05, 4.69) is 30.6 Å². The molecule has 4 aromatic carbocycles. The van der Waals surface area contributed by atoms with E-state index in [-0.39, 0.29) is 84.4 Å². The van der Waals surface area contributed by atoms with Gasteiger partial charge in [0.1, 0.15) is 11.1 Å². The van der Waals surface area contributed by atoms with Gasteiger partial charge in [0.25, 0.3) is 17.0 Å². The van der Waals surface area contributed by atoms with E-state index in [4.69, 9.17) is 0 Å². The average Bonchev–Trinajstić information content (AvgIpc) is 4.28. The molecule has 0 spiro atoms. The number of carbonyl (C=O) groups is 5. The number of benzene rings is 4. The maximum atomic E-state index is 13.5. The van der Waals surface area contributed by atoms with Gasteiger partial charge in [0, 0.05) is 60.3 Å². The van der Waals surface area contributed by atoms with Crippen LogP contribution < -0.4 is 45.7 Å². The van der Waals surface area contributed by atoms with E-state index < -0.39 is 34.4 Å². The summed E-state index contributed by atoms with van der Waals surface area (Å²) in [6.07, 6.45) is 19.8. The van der Waals surface area contributed by atoms with Gasteiger partial charge in [-0.3, -0.25) is 42.7 Å². The van der Waals surface area contributed by atoms with Crippen molar-refractivity contribution >= 4 is 64.8 Å². The molecule has 396 valence electrons. The van der Waals surface area contributed by atoms with Gasteiger partial charge in [0.15, 0.2) is 41.1 Å². The lowest BCUT2D eigenvalue weighted by Gasteiger charge is -2.07. The highest BCUT2D eigenvalue weighted by Crippen LogP contribution is 2.34.